The molecule has 6 heteroatoms. The van der Waals surface area contributed by atoms with Crippen molar-refractivity contribution in [1.82, 2.24) is 24.9 Å². The summed E-state index contributed by atoms with van der Waals surface area (Å²) >= 11 is 0. The number of para-hydroxylation sites is 1. The Morgan fingerprint density at radius 2 is 1.76 bits per heavy atom. The molecule has 1 saturated heterocycles. The molecule has 1 saturated carbocycles. The number of fused-ring (bicyclic) bond motifs is 1. The lowest BCUT2D eigenvalue weighted by Gasteiger charge is -2.34. The van der Waals surface area contributed by atoms with Gasteiger partial charge in [-0.25, -0.2) is 0 Å². The van der Waals surface area contributed by atoms with Crippen LogP contribution in [0.3, 0.4) is 0 Å². The van der Waals surface area contributed by atoms with E-state index >= 15 is 0 Å². The van der Waals surface area contributed by atoms with E-state index < -0.39 is 0 Å². The molecule has 2 aliphatic rings. The first kappa shape index (κ1) is 20.4. The van der Waals surface area contributed by atoms with Gasteiger partial charge < -0.3 is 10.2 Å². The summed E-state index contributed by atoms with van der Waals surface area (Å²) in [6.07, 6.45) is 7.39. The number of benzene rings is 1. The first-order valence-electron chi connectivity index (χ1n) is 11.5. The third-order valence-corrected chi connectivity index (χ3v) is 6.51. The van der Waals surface area contributed by atoms with Crippen LogP contribution in [0, 0.1) is 0 Å². The van der Waals surface area contributed by atoms with E-state index in [9.17, 15) is 4.79 Å². The number of aromatic nitrogens is 2. The van der Waals surface area contributed by atoms with Crippen molar-refractivity contribution in [3.8, 4) is 0 Å². The predicted octanol–water partition coefficient (Wildman–Crippen LogP) is 3.30. The molecule has 1 aliphatic heterocycles. The zero-order valence-corrected chi connectivity index (χ0v) is 17.8. The van der Waals surface area contributed by atoms with Crippen LogP contribution in [0.4, 0.5) is 0 Å². The fourth-order valence-corrected chi connectivity index (χ4v) is 4.71. The van der Waals surface area contributed by atoms with Gasteiger partial charge >= 0.3 is 0 Å². The Kier molecular flexibility index (Phi) is 6.82. The van der Waals surface area contributed by atoms with Gasteiger partial charge in [-0.1, -0.05) is 44.4 Å². The van der Waals surface area contributed by atoms with Crippen molar-refractivity contribution in [1.29, 1.82) is 0 Å². The monoisotopic (exact) mass is 397 g/mol. The van der Waals surface area contributed by atoms with Crippen LogP contribution in [-0.4, -0.2) is 71.3 Å². The Balaban J connectivity index is 1.32. The summed E-state index contributed by atoms with van der Waals surface area (Å²) in [5, 5.41) is 8.85. The van der Waals surface area contributed by atoms with E-state index in [1.54, 1.807) is 0 Å². The van der Waals surface area contributed by atoms with Crippen molar-refractivity contribution < 1.29 is 4.79 Å². The van der Waals surface area contributed by atoms with Crippen LogP contribution < -0.4 is 5.32 Å². The number of hydrogen-bond donors (Lipinski definition) is 1. The molecule has 0 bridgehead atoms. The van der Waals surface area contributed by atoms with Crippen LogP contribution in [0.1, 0.15) is 62.0 Å². The summed E-state index contributed by atoms with van der Waals surface area (Å²) in [7, 11) is 0. The third-order valence-electron chi connectivity index (χ3n) is 6.51. The molecule has 1 aromatic carbocycles. The molecule has 0 spiro atoms. The SMILES string of the molecule is CCCCN1CCN(CCNC(=O)c2nn(C3CCCC3)c3ccccc23)CC1. The first-order chi connectivity index (χ1) is 14.3. The molecule has 0 unspecified atom stereocenters. The molecule has 4 rings (SSSR count). The number of amides is 1. The molecule has 6 nitrogen and oxygen atoms in total. The van der Waals surface area contributed by atoms with Crippen LogP contribution in [-0.2, 0) is 0 Å². The van der Waals surface area contributed by atoms with Gasteiger partial charge in [0.15, 0.2) is 5.69 Å². The average molecular weight is 398 g/mol. The van der Waals surface area contributed by atoms with Gasteiger partial charge in [-0.05, 0) is 31.9 Å². The fraction of sp³-hybridized carbons (Fsp3) is 0.652. The van der Waals surface area contributed by atoms with E-state index in [2.05, 4.69) is 32.8 Å². The van der Waals surface area contributed by atoms with E-state index in [0.717, 1.165) is 56.5 Å². The number of hydrogen-bond acceptors (Lipinski definition) is 4. The number of carbonyl (C=O) groups excluding carboxylic acids is 1. The van der Waals surface area contributed by atoms with Gasteiger partial charge in [0, 0.05) is 44.7 Å². The molecule has 158 valence electrons. The zero-order valence-electron chi connectivity index (χ0n) is 17.8. The molecule has 0 atom stereocenters. The van der Waals surface area contributed by atoms with Crippen molar-refractivity contribution >= 4 is 16.8 Å². The van der Waals surface area contributed by atoms with E-state index in [1.807, 2.05) is 18.2 Å². The van der Waals surface area contributed by atoms with Crippen molar-refractivity contribution in [3.63, 3.8) is 0 Å². The van der Waals surface area contributed by atoms with E-state index in [1.165, 1.54) is 32.2 Å². The summed E-state index contributed by atoms with van der Waals surface area (Å²) in [4.78, 5) is 17.9. The Hall–Kier alpha value is -1.92. The van der Waals surface area contributed by atoms with E-state index in [0.29, 0.717) is 18.3 Å². The standard InChI is InChI=1S/C23H35N5O/c1-2-3-13-26-15-17-27(18-16-26)14-12-24-23(29)22-20-10-6-7-11-21(20)28(25-22)19-8-4-5-9-19/h6-7,10-11,19H,2-5,8-9,12-18H2,1H3,(H,24,29). The van der Waals surface area contributed by atoms with Crippen LogP contribution >= 0.6 is 0 Å². The molecule has 2 aromatic rings. The number of carbonyl (C=O) groups is 1. The average Bonchev–Trinajstić information content (AvgIpc) is 3.41. The lowest BCUT2D eigenvalue weighted by molar-refractivity contribution is 0.0931. The molecule has 2 fully saturated rings. The largest absolute Gasteiger partial charge is 0.349 e. The molecule has 0 radical (unpaired) electrons. The molecular formula is C23H35N5O. The maximum absolute atomic E-state index is 12.9. The quantitative estimate of drug-likeness (QED) is 0.743. The summed E-state index contributed by atoms with van der Waals surface area (Å²) in [6, 6.07) is 8.59. The lowest BCUT2D eigenvalue weighted by Crippen LogP contribution is -2.48. The minimum Gasteiger partial charge on any atom is -0.349 e. The molecule has 1 aromatic heterocycles. The van der Waals surface area contributed by atoms with Gasteiger partial charge in [-0.3, -0.25) is 14.4 Å². The Bertz CT molecular complexity index is 803. The summed E-state index contributed by atoms with van der Waals surface area (Å²) in [5.41, 5.74) is 1.67. The van der Waals surface area contributed by atoms with E-state index in [4.69, 9.17) is 5.10 Å². The Morgan fingerprint density at radius 3 is 2.48 bits per heavy atom. The molecule has 29 heavy (non-hydrogen) atoms. The highest BCUT2D eigenvalue weighted by atomic mass is 16.1. The van der Waals surface area contributed by atoms with Crippen LogP contribution in [0.15, 0.2) is 24.3 Å². The minimum atomic E-state index is -0.0421. The molecule has 1 N–H and O–H groups in total. The summed E-state index contributed by atoms with van der Waals surface area (Å²) in [6.45, 7) is 9.54. The van der Waals surface area contributed by atoms with Gasteiger partial charge in [0.25, 0.3) is 5.91 Å². The number of nitrogens with one attached hydrogen (secondary N) is 1. The summed E-state index contributed by atoms with van der Waals surface area (Å²) in [5.74, 6) is -0.0421. The minimum absolute atomic E-state index is 0.0421. The predicted molar refractivity (Wildman–Crippen MR) is 117 cm³/mol. The van der Waals surface area contributed by atoms with Crippen molar-refractivity contribution in [3.05, 3.63) is 30.0 Å². The van der Waals surface area contributed by atoms with Crippen molar-refractivity contribution in [2.24, 2.45) is 0 Å². The van der Waals surface area contributed by atoms with E-state index in [-0.39, 0.29) is 5.91 Å². The number of unbranched alkanes of at least 4 members (excludes halogenated alkanes) is 1. The normalized spacial score (nSPS) is 19.2. The second-order valence-electron chi connectivity index (χ2n) is 8.54. The Morgan fingerprint density at radius 1 is 1.07 bits per heavy atom. The molecule has 1 aliphatic carbocycles. The third kappa shape index (κ3) is 4.81. The second kappa shape index (κ2) is 9.72. The number of nitrogens with zero attached hydrogens (tertiary/aromatic N) is 4. The molecule has 2 heterocycles. The highest BCUT2D eigenvalue weighted by Gasteiger charge is 2.24. The highest BCUT2D eigenvalue weighted by molar-refractivity contribution is 6.04. The number of rotatable bonds is 8. The lowest BCUT2D eigenvalue weighted by atomic mass is 10.2. The van der Waals surface area contributed by atoms with Gasteiger partial charge in [-0.2, -0.15) is 5.10 Å². The van der Waals surface area contributed by atoms with Crippen LogP contribution in [0.5, 0.6) is 0 Å². The van der Waals surface area contributed by atoms with Gasteiger partial charge in [0.2, 0.25) is 0 Å². The van der Waals surface area contributed by atoms with Crippen LogP contribution in [0.2, 0.25) is 0 Å². The first-order valence-corrected chi connectivity index (χ1v) is 11.5. The second-order valence-corrected chi connectivity index (χ2v) is 8.54. The van der Waals surface area contributed by atoms with Crippen molar-refractivity contribution in [2.75, 3.05) is 45.8 Å². The van der Waals surface area contributed by atoms with Gasteiger partial charge in [-0.15, -0.1) is 0 Å². The fourth-order valence-electron chi connectivity index (χ4n) is 4.71. The highest BCUT2D eigenvalue weighted by Crippen LogP contribution is 2.32. The van der Waals surface area contributed by atoms with Crippen LogP contribution in [0.25, 0.3) is 10.9 Å². The Labute approximate surface area is 174 Å². The van der Waals surface area contributed by atoms with Gasteiger partial charge in [0.05, 0.1) is 11.6 Å². The van der Waals surface area contributed by atoms with Gasteiger partial charge in [0.1, 0.15) is 0 Å². The smallest absolute Gasteiger partial charge is 0.272 e. The topological polar surface area (TPSA) is 53.4 Å². The maximum Gasteiger partial charge on any atom is 0.272 e. The zero-order chi connectivity index (χ0) is 20.1. The molecular weight excluding hydrogens is 362 g/mol. The maximum atomic E-state index is 12.9. The van der Waals surface area contributed by atoms with Crippen molar-refractivity contribution in [2.45, 2.75) is 51.5 Å². The summed E-state index contributed by atoms with van der Waals surface area (Å²) < 4.78 is 2.10. The molecule has 1 amide bonds. The number of piperazine rings is 1.